The third kappa shape index (κ3) is 2.08. The molecule has 0 radical (unpaired) electrons. The topological polar surface area (TPSA) is 102 Å². The van der Waals surface area contributed by atoms with Crippen LogP contribution in [0.3, 0.4) is 0 Å². The van der Waals surface area contributed by atoms with Gasteiger partial charge in [0.05, 0.1) is 17.4 Å². The minimum atomic E-state index is -0.934. The Balaban J connectivity index is 1.61. The Hall–Kier alpha value is -2.83. The van der Waals surface area contributed by atoms with Crippen molar-refractivity contribution >= 4 is 28.7 Å². The Bertz CT molecular complexity index is 938. The number of fused-ring (bicyclic) bond motifs is 3. The number of amides is 1. The molecule has 7 heteroatoms. The number of aromatic nitrogens is 1. The molecule has 2 aromatic rings. The van der Waals surface area contributed by atoms with Crippen molar-refractivity contribution in [1.29, 1.82) is 0 Å². The van der Waals surface area contributed by atoms with E-state index in [9.17, 15) is 19.5 Å². The third-order valence-electron chi connectivity index (χ3n) is 5.11. The maximum Gasteiger partial charge on any atom is 0.419 e. The number of allylic oxidation sites excluding steroid dienone is 2. The number of nitrogens with one attached hydrogen (secondary N) is 1. The van der Waals surface area contributed by atoms with Crippen molar-refractivity contribution in [1.82, 2.24) is 4.57 Å². The van der Waals surface area contributed by atoms with Gasteiger partial charge in [0.15, 0.2) is 5.58 Å². The summed E-state index contributed by atoms with van der Waals surface area (Å²) in [5.74, 6) is -3.08. The summed E-state index contributed by atoms with van der Waals surface area (Å²) in [7, 11) is 1.60. The fourth-order valence-electron chi connectivity index (χ4n) is 3.95. The highest BCUT2D eigenvalue weighted by Crippen LogP contribution is 2.48. The summed E-state index contributed by atoms with van der Waals surface area (Å²) in [6.45, 7) is 0. The molecular formula is C17H16N2O5. The predicted octanol–water partition coefficient (Wildman–Crippen LogP) is 1.59. The fraction of sp³-hybridized carbons (Fsp3) is 0.353. The van der Waals surface area contributed by atoms with Gasteiger partial charge in [0.25, 0.3) is 0 Å². The van der Waals surface area contributed by atoms with Crippen LogP contribution in [0.1, 0.15) is 6.42 Å². The van der Waals surface area contributed by atoms with E-state index < -0.39 is 23.6 Å². The Labute approximate surface area is 136 Å². The van der Waals surface area contributed by atoms with Crippen LogP contribution in [-0.2, 0) is 16.6 Å². The molecular weight excluding hydrogens is 312 g/mol. The average molecular weight is 328 g/mol. The van der Waals surface area contributed by atoms with Crippen LogP contribution < -0.4 is 11.1 Å². The summed E-state index contributed by atoms with van der Waals surface area (Å²) in [6, 6.07) is 4.94. The van der Waals surface area contributed by atoms with Gasteiger partial charge in [-0.05, 0) is 30.4 Å². The molecule has 0 aliphatic heterocycles. The van der Waals surface area contributed by atoms with Crippen molar-refractivity contribution in [3.05, 3.63) is 40.9 Å². The van der Waals surface area contributed by atoms with E-state index >= 15 is 0 Å². The van der Waals surface area contributed by atoms with Crippen molar-refractivity contribution in [2.24, 2.45) is 30.7 Å². The molecule has 1 fully saturated rings. The molecule has 24 heavy (non-hydrogen) atoms. The molecule has 2 N–H and O–H groups in total. The SMILES string of the molecule is Cn1c(=O)oc2cc(NC(=O)[C@@H]3[C@@H](C(=O)O)[C@H]4C=C[C@H]3C4)ccc21. The minimum Gasteiger partial charge on any atom is -0.481 e. The summed E-state index contributed by atoms with van der Waals surface area (Å²) in [5.41, 5.74) is 1.49. The maximum absolute atomic E-state index is 12.6. The largest absolute Gasteiger partial charge is 0.481 e. The first-order valence-corrected chi connectivity index (χ1v) is 7.77. The molecule has 2 aliphatic carbocycles. The monoisotopic (exact) mass is 328 g/mol. The van der Waals surface area contributed by atoms with E-state index in [0.717, 1.165) is 0 Å². The summed E-state index contributed by atoms with van der Waals surface area (Å²) < 4.78 is 6.48. The van der Waals surface area contributed by atoms with Gasteiger partial charge in [-0.25, -0.2) is 4.79 Å². The number of aryl methyl sites for hydroxylation is 1. The van der Waals surface area contributed by atoms with E-state index in [1.54, 1.807) is 25.2 Å². The van der Waals surface area contributed by atoms with Crippen molar-refractivity contribution in [3.63, 3.8) is 0 Å². The fourth-order valence-corrected chi connectivity index (χ4v) is 3.95. The highest BCUT2D eigenvalue weighted by Gasteiger charge is 2.51. The van der Waals surface area contributed by atoms with Crippen LogP contribution in [0, 0.1) is 23.7 Å². The van der Waals surface area contributed by atoms with Crippen molar-refractivity contribution in [3.8, 4) is 0 Å². The molecule has 0 unspecified atom stereocenters. The van der Waals surface area contributed by atoms with Crippen LogP contribution in [0.4, 0.5) is 5.69 Å². The lowest BCUT2D eigenvalue weighted by Gasteiger charge is -2.23. The summed E-state index contributed by atoms with van der Waals surface area (Å²) >= 11 is 0. The van der Waals surface area contributed by atoms with Gasteiger partial charge >= 0.3 is 11.7 Å². The molecule has 1 aromatic heterocycles. The molecule has 4 atom stereocenters. The number of oxazole rings is 1. The van der Waals surface area contributed by atoms with Crippen molar-refractivity contribution in [2.45, 2.75) is 6.42 Å². The Morgan fingerprint density at radius 2 is 1.96 bits per heavy atom. The van der Waals surface area contributed by atoms with Crippen LogP contribution in [-0.4, -0.2) is 21.6 Å². The highest BCUT2D eigenvalue weighted by molar-refractivity contribution is 5.97. The molecule has 0 spiro atoms. The van der Waals surface area contributed by atoms with Crippen molar-refractivity contribution in [2.75, 3.05) is 5.32 Å². The van der Waals surface area contributed by atoms with Crippen LogP contribution >= 0.6 is 0 Å². The summed E-state index contributed by atoms with van der Waals surface area (Å²) in [5, 5.41) is 12.2. The quantitative estimate of drug-likeness (QED) is 0.833. The van der Waals surface area contributed by atoms with E-state index in [-0.39, 0.29) is 17.7 Å². The van der Waals surface area contributed by atoms with Gasteiger partial charge in [0.1, 0.15) is 0 Å². The van der Waals surface area contributed by atoms with Gasteiger partial charge in [-0.2, -0.15) is 0 Å². The number of hydrogen-bond donors (Lipinski definition) is 2. The Morgan fingerprint density at radius 1 is 1.25 bits per heavy atom. The number of carbonyl (C=O) groups is 2. The summed E-state index contributed by atoms with van der Waals surface area (Å²) in [6.07, 6.45) is 4.55. The van der Waals surface area contributed by atoms with Gasteiger partial charge < -0.3 is 14.8 Å². The second kappa shape index (κ2) is 5.09. The first kappa shape index (κ1) is 14.7. The van der Waals surface area contributed by atoms with Crippen LogP contribution in [0.2, 0.25) is 0 Å². The molecule has 124 valence electrons. The third-order valence-corrected chi connectivity index (χ3v) is 5.11. The lowest BCUT2D eigenvalue weighted by Crippen LogP contribution is -2.36. The first-order valence-electron chi connectivity index (χ1n) is 7.77. The summed E-state index contributed by atoms with van der Waals surface area (Å²) in [4.78, 5) is 35.7. The zero-order chi connectivity index (χ0) is 17.0. The number of hydrogen-bond acceptors (Lipinski definition) is 4. The number of benzene rings is 1. The van der Waals surface area contributed by atoms with E-state index in [1.165, 1.54) is 4.57 Å². The van der Waals surface area contributed by atoms with E-state index in [0.29, 0.717) is 23.2 Å². The Kier molecular flexibility index (Phi) is 3.13. The number of carbonyl (C=O) groups excluding carboxylic acids is 1. The second-order valence-electron chi connectivity index (χ2n) is 6.44. The molecule has 1 heterocycles. The van der Waals surface area contributed by atoms with Crippen LogP contribution in [0.25, 0.3) is 11.1 Å². The van der Waals surface area contributed by atoms with Gasteiger partial charge in [-0.3, -0.25) is 14.2 Å². The molecule has 7 nitrogen and oxygen atoms in total. The smallest absolute Gasteiger partial charge is 0.419 e. The molecule has 4 rings (SSSR count). The van der Waals surface area contributed by atoms with Gasteiger partial charge in [0.2, 0.25) is 5.91 Å². The van der Waals surface area contributed by atoms with Crippen molar-refractivity contribution < 1.29 is 19.1 Å². The second-order valence-corrected chi connectivity index (χ2v) is 6.44. The number of carboxylic acids is 1. The van der Waals surface area contributed by atoms with Gasteiger partial charge in [0, 0.05) is 18.8 Å². The number of carboxylic acid groups (broad SMARTS) is 1. The standard InChI is InChI=1S/C17H16N2O5/c1-19-11-5-4-10(7-12(11)24-17(19)23)18-15(20)13-8-2-3-9(6-8)14(13)16(21)22/h2-5,7-9,13-14H,6H2,1H3,(H,18,20)(H,21,22)/t8-,9-,13-,14-/m0/s1. The normalized spacial score (nSPS) is 27.7. The predicted molar refractivity (Wildman–Crippen MR) is 85.4 cm³/mol. The molecule has 2 bridgehead atoms. The van der Waals surface area contributed by atoms with Gasteiger partial charge in [-0.15, -0.1) is 0 Å². The maximum atomic E-state index is 12.6. The number of anilines is 1. The van der Waals surface area contributed by atoms with Crippen LogP contribution in [0.5, 0.6) is 0 Å². The zero-order valence-electron chi connectivity index (χ0n) is 12.9. The van der Waals surface area contributed by atoms with E-state index in [2.05, 4.69) is 5.32 Å². The van der Waals surface area contributed by atoms with E-state index in [1.807, 2.05) is 12.2 Å². The molecule has 1 saturated carbocycles. The number of nitrogens with zero attached hydrogens (tertiary/aromatic N) is 1. The van der Waals surface area contributed by atoms with Crippen LogP contribution in [0.15, 0.2) is 39.6 Å². The molecule has 2 aliphatic rings. The lowest BCUT2D eigenvalue weighted by atomic mass is 9.82. The highest BCUT2D eigenvalue weighted by atomic mass is 16.4. The molecule has 0 saturated heterocycles. The zero-order valence-corrected chi connectivity index (χ0v) is 12.9. The van der Waals surface area contributed by atoms with E-state index in [4.69, 9.17) is 4.42 Å². The molecule has 1 aromatic carbocycles. The lowest BCUT2D eigenvalue weighted by molar-refractivity contribution is -0.146. The average Bonchev–Trinajstić information content (AvgIpc) is 3.21. The number of aliphatic carboxylic acids is 1. The Morgan fingerprint density at radius 3 is 2.67 bits per heavy atom. The number of rotatable bonds is 3. The minimum absolute atomic E-state index is 0.0329. The van der Waals surface area contributed by atoms with Gasteiger partial charge in [-0.1, -0.05) is 12.2 Å². The first-order chi connectivity index (χ1) is 11.5. The molecule has 1 amide bonds.